The Hall–Kier alpha value is -1.28. The van der Waals surface area contributed by atoms with Gasteiger partial charge in [0.25, 0.3) is 0 Å². The first-order valence-electron chi connectivity index (χ1n) is 7.84. The molecule has 136 valence electrons. The van der Waals surface area contributed by atoms with Crippen molar-refractivity contribution in [2.75, 3.05) is 25.1 Å². The molecule has 0 aromatic heterocycles. The molecule has 25 heavy (non-hydrogen) atoms. The van der Waals surface area contributed by atoms with E-state index in [2.05, 4.69) is 15.6 Å². The Morgan fingerprint density at radius 3 is 2.92 bits per heavy atom. The second-order valence-electron chi connectivity index (χ2n) is 5.21. The summed E-state index contributed by atoms with van der Waals surface area (Å²) in [6, 6.07) is 4.82. The molecular formula is C16H19Cl2N3O3S. The van der Waals surface area contributed by atoms with Crippen LogP contribution in [0, 0.1) is 0 Å². The van der Waals surface area contributed by atoms with Crippen molar-refractivity contribution in [1.29, 1.82) is 0 Å². The summed E-state index contributed by atoms with van der Waals surface area (Å²) >= 11 is 13.0. The minimum Gasteiger partial charge on any atom is -0.382 e. The molecule has 1 heterocycles. The molecule has 0 radical (unpaired) electrons. The maximum absolute atomic E-state index is 12.1. The van der Waals surface area contributed by atoms with Gasteiger partial charge >= 0.3 is 0 Å². The van der Waals surface area contributed by atoms with E-state index in [1.54, 1.807) is 18.2 Å². The van der Waals surface area contributed by atoms with E-state index in [4.69, 9.17) is 27.9 Å². The fraction of sp³-hybridized carbons (Fsp3) is 0.438. The first-order valence-corrected chi connectivity index (χ1v) is 9.47. The maximum Gasteiger partial charge on any atom is 0.240 e. The van der Waals surface area contributed by atoms with Crippen LogP contribution in [-0.2, 0) is 14.3 Å². The Morgan fingerprint density at radius 2 is 2.20 bits per heavy atom. The van der Waals surface area contributed by atoms with Gasteiger partial charge in [0.15, 0.2) is 5.17 Å². The minimum absolute atomic E-state index is 0.0503. The van der Waals surface area contributed by atoms with Crippen LogP contribution >= 0.6 is 35.0 Å². The van der Waals surface area contributed by atoms with Crippen molar-refractivity contribution in [3.63, 3.8) is 0 Å². The number of hydrogen-bond acceptors (Lipinski definition) is 5. The molecule has 0 aliphatic carbocycles. The average Bonchev–Trinajstić information content (AvgIpc) is 2.90. The van der Waals surface area contributed by atoms with Crippen LogP contribution in [-0.4, -0.2) is 42.0 Å². The number of aliphatic imine (C=N–C) groups is 1. The Labute approximate surface area is 160 Å². The molecule has 0 saturated carbocycles. The quantitative estimate of drug-likeness (QED) is 0.652. The number of rotatable bonds is 8. The van der Waals surface area contributed by atoms with E-state index < -0.39 is 5.25 Å². The van der Waals surface area contributed by atoms with E-state index in [1.165, 1.54) is 11.8 Å². The van der Waals surface area contributed by atoms with Crippen molar-refractivity contribution in [3.8, 4) is 0 Å². The number of anilines is 1. The van der Waals surface area contributed by atoms with E-state index in [9.17, 15) is 9.59 Å². The lowest BCUT2D eigenvalue weighted by Gasteiger charge is -2.08. The average molecular weight is 404 g/mol. The van der Waals surface area contributed by atoms with Gasteiger partial charge in [-0.3, -0.25) is 14.6 Å². The van der Waals surface area contributed by atoms with Gasteiger partial charge in [0, 0.05) is 31.9 Å². The van der Waals surface area contributed by atoms with Gasteiger partial charge in [0.1, 0.15) is 5.25 Å². The molecule has 1 atom stereocenters. The van der Waals surface area contributed by atoms with E-state index in [-0.39, 0.29) is 18.2 Å². The number of amides is 2. The number of carbonyl (C=O) groups excluding carboxylic acids is 2. The highest BCUT2D eigenvalue weighted by Gasteiger charge is 2.31. The zero-order chi connectivity index (χ0) is 18.2. The summed E-state index contributed by atoms with van der Waals surface area (Å²) in [5.74, 6) is -0.485. The molecule has 0 bridgehead atoms. The molecule has 2 amide bonds. The zero-order valence-electron chi connectivity index (χ0n) is 13.7. The number of nitrogens with one attached hydrogen (secondary N) is 2. The second kappa shape index (κ2) is 10.0. The van der Waals surface area contributed by atoms with Crippen LogP contribution in [0.1, 0.15) is 19.8 Å². The summed E-state index contributed by atoms with van der Waals surface area (Å²) in [5.41, 5.74) is 0.535. The van der Waals surface area contributed by atoms with Gasteiger partial charge in [-0.15, -0.1) is 0 Å². The molecule has 0 spiro atoms. The van der Waals surface area contributed by atoms with Crippen LogP contribution in [0.4, 0.5) is 5.69 Å². The van der Waals surface area contributed by atoms with Crippen LogP contribution in [0.2, 0.25) is 10.0 Å². The standard InChI is InChI=1S/C16H19Cl2N3O3S/c1-2-24-7-3-6-19-16-21-15(23)13(25-16)9-14(22)20-10-4-5-11(17)12(18)8-10/h4-5,8,13H,2-3,6-7,9H2,1H3,(H,20,22)(H,19,21,23)/t13-/m1/s1. The Bertz CT molecular complexity index is 670. The third-order valence-corrected chi connectivity index (χ3v) is 5.12. The molecule has 1 aromatic carbocycles. The molecule has 2 rings (SSSR count). The predicted octanol–water partition coefficient (Wildman–Crippen LogP) is 3.34. The van der Waals surface area contributed by atoms with Gasteiger partial charge in [-0.1, -0.05) is 35.0 Å². The highest BCUT2D eigenvalue weighted by Crippen LogP contribution is 2.26. The highest BCUT2D eigenvalue weighted by molar-refractivity contribution is 8.15. The van der Waals surface area contributed by atoms with Gasteiger partial charge in [-0.25, -0.2) is 0 Å². The molecule has 1 fully saturated rings. The molecule has 1 aromatic rings. The maximum atomic E-state index is 12.1. The second-order valence-corrected chi connectivity index (χ2v) is 7.22. The number of benzene rings is 1. The zero-order valence-corrected chi connectivity index (χ0v) is 16.0. The van der Waals surface area contributed by atoms with Gasteiger partial charge in [-0.2, -0.15) is 0 Å². The van der Waals surface area contributed by atoms with Crippen LogP contribution in [0.3, 0.4) is 0 Å². The van der Waals surface area contributed by atoms with E-state index in [0.29, 0.717) is 40.7 Å². The van der Waals surface area contributed by atoms with Crippen molar-refractivity contribution in [1.82, 2.24) is 5.32 Å². The number of ether oxygens (including phenoxy) is 1. The number of hydrogen-bond donors (Lipinski definition) is 2. The normalized spacial score (nSPS) is 18.4. The largest absolute Gasteiger partial charge is 0.382 e. The molecule has 1 saturated heterocycles. The van der Waals surface area contributed by atoms with E-state index >= 15 is 0 Å². The Morgan fingerprint density at radius 1 is 1.40 bits per heavy atom. The molecule has 9 heteroatoms. The Kier molecular flexibility index (Phi) is 8.02. The summed E-state index contributed by atoms with van der Waals surface area (Å²) in [4.78, 5) is 28.4. The SMILES string of the molecule is CCOCCCN=C1NC(=O)[C@@H](CC(=O)Nc2ccc(Cl)c(Cl)c2)S1. The van der Waals surface area contributed by atoms with Crippen molar-refractivity contribution < 1.29 is 14.3 Å². The minimum atomic E-state index is -0.492. The fourth-order valence-corrected chi connectivity index (χ4v) is 3.35. The molecule has 1 aliphatic rings. The van der Waals surface area contributed by atoms with Crippen molar-refractivity contribution >= 4 is 57.6 Å². The molecule has 6 nitrogen and oxygen atoms in total. The van der Waals surface area contributed by atoms with Gasteiger partial charge in [0.05, 0.1) is 10.0 Å². The number of carbonyl (C=O) groups is 2. The summed E-state index contributed by atoms with van der Waals surface area (Å²) in [6.07, 6.45) is 0.838. The lowest BCUT2D eigenvalue weighted by Crippen LogP contribution is -2.28. The fourth-order valence-electron chi connectivity index (χ4n) is 2.06. The predicted molar refractivity (Wildman–Crippen MR) is 103 cm³/mol. The summed E-state index contributed by atoms with van der Waals surface area (Å²) in [7, 11) is 0. The van der Waals surface area contributed by atoms with Crippen molar-refractivity contribution in [2.45, 2.75) is 25.0 Å². The number of halogens is 2. The first-order chi connectivity index (χ1) is 12.0. The van der Waals surface area contributed by atoms with Gasteiger partial charge in [0.2, 0.25) is 11.8 Å². The molecule has 2 N–H and O–H groups in total. The van der Waals surface area contributed by atoms with Crippen LogP contribution in [0.5, 0.6) is 0 Å². The van der Waals surface area contributed by atoms with Crippen LogP contribution < -0.4 is 10.6 Å². The molecule has 0 unspecified atom stereocenters. The summed E-state index contributed by atoms with van der Waals surface area (Å²) < 4.78 is 5.23. The Balaban J connectivity index is 1.81. The van der Waals surface area contributed by atoms with E-state index in [0.717, 1.165) is 6.42 Å². The van der Waals surface area contributed by atoms with Gasteiger partial charge < -0.3 is 15.4 Å². The smallest absolute Gasteiger partial charge is 0.240 e. The molecular weight excluding hydrogens is 385 g/mol. The van der Waals surface area contributed by atoms with Crippen LogP contribution in [0.15, 0.2) is 23.2 Å². The van der Waals surface area contributed by atoms with E-state index in [1.807, 2.05) is 6.92 Å². The van der Waals surface area contributed by atoms with Gasteiger partial charge in [-0.05, 0) is 31.5 Å². The lowest BCUT2D eigenvalue weighted by atomic mass is 10.2. The molecule has 1 aliphatic heterocycles. The topological polar surface area (TPSA) is 79.8 Å². The third kappa shape index (κ3) is 6.51. The van der Waals surface area contributed by atoms with Crippen molar-refractivity contribution in [2.24, 2.45) is 4.99 Å². The number of nitrogens with zero attached hydrogens (tertiary/aromatic N) is 1. The van der Waals surface area contributed by atoms with Crippen molar-refractivity contribution in [3.05, 3.63) is 28.2 Å². The number of thioether (sulfide) groups is 1. The summed E-state index contributed by atoms with van der Waals surface area (Å²) in [6.45, 7) is 3.83. The first kappa shape index (κ1) is 20.0. The number of amidine groups is 1. The summed E-state index contributed by atoms with van der Waals surface area (Å²) in [5, 5.41) is 6.23. The lowest BCUT2D eigenvalue weighted by molar-refractivity contribution is -0.122. The monoisotopic (exact) mass is 403 g/mol. The van der Waals surface area contributed by atoms with Crippen LogP contribution in [0.25, 0.3) is 0 Å². The highest BCUT2D eigenvalue weighted by atomic mass is 35.5. The third-order valence-electron chi connectivity index (χ3n) is 3.26.